The summed E-state index contributed by atoms with van der Waals surface area (Å²) >= 11 is 5.75. The van der Waals surface area contributed by atoms with Gasteiger partial charge in [0, 0.05) is 16.1 Å². The van der Waals surface area contributed by atoms with Gasteiger partial charge in [-0.1, -0.05) is 90.5 Å². The fraction of sp³-hybridized carbons (Fsp3) is 0.216. The van der Waals surface area contributed by atoms with Crippen LogP contribution in [-0.2, 0) is 41.4 Å². The van der Waals surface area contributed by atoms with Crippen molar-refractivity contribution in [2.45, 2.75) is 37.6 Å². The molecule has 15 heteroatoms. The van der Waals surface area contributed by atoms with Gasteiger partial charge in [0.05, 0.1) is 35.7 Å². The van der Waals surface area contributed by atoms with E-state index in [2.05, 4.69) is 15.6 Å². The van der Waals surface area contributed by atoms with Crippen molar-refractivity contribution >= 4 is 52.6 Å². The molecule has 0 bridgehead atoms. The number of aliphatic imine (C=N–C) groups is 1. The Hall–Kier alpha value is -5.73. The number of nitrogens with one attached hydrogen (secondary N) is 2. The van der Waals surface area contributed by atoms with Crippen LogP contribution in [0.1, 0.15) is 28.7 Å². The number of hydrogen-bond donors (Lipinski definition) is 2. The molecule has 11 nitrogen and oxygen atoms in total. The van der Waals surface area contributed by atoms with Gasteiger partial charge in [0.25, 0.3) is 5.91 Å². The SMILES string of the molecule is O=C(CN1C(=O)[C@@H](COC(=O)Nc2ccc(Cl)cc2C(F)(F)F)N=C(c2ccccc2)c2ccccc21)N[C@H]1CC(=O)O[C@@H]1OCc1ccccc1. The summed E-state index contributed by atoms with van der Waals surface area (Å²) in [5.74, 6) is -1.96. The largest absolute Gasteiger partial charge is 0.446 e. The first-order valence-corrected chi connectivity index (χ1v) is 16.3. The van der Waals surface area contributed by atoms with Crippen LogP contribution >= 0.6 is 11.6 Å². The molecule has 0 aromatic heterocycles. The molecule has 0 saturated carbocycles. The van der Waals surface area contributed by atoms with Crippen molar-refractivity contribution in [2.24, 2.45) is 4.99 Å². The number of cyclic esters (lactones) is 1. The number of rotatable bonds is 10. The second-order valence-electron chi connectivity index (χ2n) is 11.7. The van der Waals surface area contributed by atoms with Crippen molar-refractivity contribution in [3.8, 4) is 0 Å². The maximum Gasteiger partial charge on any atom is 0.418 e. The van der Waals surface area contributed by atoms with E-state index in [0.29, 0.717) is 28.6 Å². The maximum absolute atomic E-state index is 14.2. The third kappa shape index (κ3) is 8.58. The maximum atomic E-state index is 14.2. The number of hydrogen-bond acceptors (Lipinski definition) is 8. The second-order valence-corrected chi connectivity index (χ2v) is 12.2. The zero-order valence-corrected chi connectivity index (χ0v) is 27.9. The summed E-state index contributed by atoms with van der Waals surface area (Å²) in [6.07, 6.45) is -7.35. The van der Waals surface area contributed by atoms with Gasteiger partial charge in [0.15, 0.2) is 6.04 Å². The van der Waals surface area contributed by atoms with E-state index in [4.69, 9.17) is 25.8 Å². The Bertz CT molecular complexity index is 2000. The third-order valence-corrected chi connectivity index (χ3v) is 8.33. The average molecular weight is 735 g/mol. The molecule has 3 atom stereocenters. The van der Waals surface area contributed by atoms with E-state index in [1.54, 1.807) is 54.6 Å². The van der Waals surface area contributed by atoms with Gasteiger partial charge in [0.1, 0.15) is 19.2 Å². The van der Waals surface area contributed by atoms with Crippen molar-refractivity contribution in [1.82, 2.24) is 5.32 Å². The number of para-hydroxylation sites is 1. The lowest BCUT2D eigenvalue weighted by molar-refractivity contribution is -0.168. The lowest BCUT2D eigenvalue weighted by Crippen LogP contribution is -2.49. The van der Waals surface area contributed by atoms with Crippen LogP contribution in [0.2, 0.25) is 5.02 Å². The summed E-state index contributed by atoms with van der Waals surface area (Å²) in [6, 6.07) is 25.3. The Morgan fingerprint density at radius 3 is 2.37 bits per heavy atom. The van der Waals surface area contributed by atoms with Gasteiger partial charge in [0.2, 0.25) is 12.2 Å². The van der Waals surface area contributed by atoms with E-state index >= 15 is 0 Å². The summed E-state index contributed by atoms with van der Waals surface area (Å²) < 4.78 is 57.2. The third-order valence-electron chi connectivity index (χ3n) is 8.10. The molecule has 0 aliphatic carbocycles. The minimum Gasteiger partial charge on any atom is -0.446 e. The number of fused-ring (bicyclic) bond motifs is 1. The number of amides is 3. The van der Waals surface area contributed by atoms with Gasteiger partial charge in [-0.05, 0) is 29.8 Å². The molecule has 2 heterocycles. The lowest BCUT2D eigenvalue weighted by Gasteiger charge is -2.26. The Kier molecular flexibility index (Phi) is 10.9. The number of benzene rings is 4. The van der Waals surface area contributed by atoms with Gasteiger partial charge in [-0.15, -0.1) is 0 Å². The fourth-order valence-electron chi connectivity index (χ4n) is 5.70. The molecule has 2 aliphatic heterocycles. The Morgan fingerprint density at radius 1 is 0.942 bits per heavy atom. The zero-order valence-electron chi connectivity index (χ0n) is 27.1. The highest BCUT2D eigenvalue weighted by Crippen LogP contribution is 2.36. The first-order valence-electron chi connectivity index (χ1n) is 15.9. The number of ether oxygens (including phenoxy) is 3. The molecule has 2 N–H and O–H groups in total. The minimum absolute atomic E-state index is 0.119. The van der Waals surface area contributed by atoms with Gasteiger partial charge in [-0.25, -0.2) is 4.79 Å². The molecular formula is C37H30ClF3N4O7. The number of nitrogens with zero attached hydrogens (tertiary/aromatic N) is 2. The molecule has 1 fully saturated rings. The molecule has 2 aliphatic rings. The Balaban J connectivity index is 1.23. The number of esters is 1. The zero-order chi connectivity index (χ0) is 36.8. The quantitative estimate of drug-likeness (QED) is 0.187. The minimum atomic E-state index is -4.83. The number of anilines is 2. The fourth-order valence-corrected chi connectivity index (χ4v) is 5.87. The molecule has 4 aromatic carbocycles. The monoisotopic (exact) mass is 734 g/mol. The number of alkyl halides is 3. The van der Waals surface area contributed by atoms with Gasteiger partial charge in [-0.2, -0.15) is 13.2 Å². The molecule has 6 rings (SSSR count). The van der Waals surface area contributed by atoms with E-state index in [-0.39, 0.29) is 18.1 Å². The van der Waals surface area contributed by atoms with E-state index < -0.39 is 72.8 Å². The van der Waals surface area contributed by atoms with Crippen LogP contribution in [0, 0.1) is 0 Å². The van der Waals surface area contributed by atoms with Crippen LogP contribution in [0.4, 0.5) is 29.3 Å². The van der Waals surface area contributed by atoms with Crippen LogP contribution in [0.15, 0.2) is 108 Å². The highest BCUT2D eigenvalue weighted by Gasteiger charge is 2.39. The normalized spacial score (nSPS) is 18.5. The molecule has 0 spiro atoms. The van der Waals surface area contributed by atoms with E-state index in [0.717, 1.165) is 11.6 Å². The summed E-state index contributed by atoms with van der Waals surface area (Å²) in [4.78, 5) is 58.6. The highest BCUT2D eigenvalue weighted by atomic mass is 35.5. The summed E-state index contributed by atoms with van der Waals surface area (Å²) in [5, 5.41) is 4.60. The second kappa shape index (κ2) is 15.7. The predicted octanol–water partition coefficient (Wildman–Crippen LogP) is 6.13. The molecule has 0 radical (unpaired) electrons. The summed E-state index contributed by atoms with van der Waals surface area (Å²) in [7, 11) is 0. The van der Waals surface area contributed by atoms with E-state index in [1.165, 1.54) is 11.0 Å². The van der Waals surface area contributed by atoms with E-state index in [9.17, 15) is 32.3 Å². The topological polar surface area (TPSA) is 136 Å². The first kappa shape index (κ1) is 36.1. The molecule has 268 valence electrons. The van der Waals surface area contributed by atoms with Crippen molar-refractivity contribution in [3.63, 3.8) is 0 Å². The standard InChI is InChI=1S/C37H30ClF3N4O7/c38-24-15-16-27(26(17-24)37(39,40)41)44-36(49)51-21-29-34(48)45(30-14-8-7-13-25(30)33(43-29)23-11-5-2-6-12-23)19-31(46)42-28-18-32(47)52-35(28)50-20-22-9-3-1-4-10-22/h1-17,28-29,35H,18-21H2,(H,42,46)(H,44,49)/t28-,29+,35-/m0/s1. The first-order chi connectivity index (χ1) is 25.0. The van der Waals surface area contributed by atoms with Crippen LogP contribution in [0.5, 0.6) is 0 Å². The number of carbonyl (C=O) groups is 4. The van der Waals surface area contributed by atoms with Crippen LogP contribution in [0.25, 0.3) is 0 Å². The van der Waals surface area contributed by atoms with Crippen molar-refractivity contribution < 1.29 is 46.6 Å². The summed E-state index contributed by atoms with van der Waals surface area (Å²) in [5.41, 5.74) is 0.801. The van der Waals surface area contributed by atoms with Gasteiger partial charge >= 0.3 is 18.2 Å². The van der Waals surface area contributed by atoms with E-state index in [1.807, 2.05) is 30.3 Å². The molecule has 52 heavy (non-hydrogen) atoms. The predicted molar refractivity (Wildman–Crippen MR) is 184 cm³/mol. The Labute approximate surface area is 300 Å². The van der Waals surface area contributed by atoms with Gasteiger partial charge in [-0.3, -0.25) is 24.7 Å². The Morgan fingerprint density at radius 2 is 1.63 bits per heavy atom. The van der Waals surface area contributed by atoms with Crippen LogP contribution in [-0.4, -0.2) is 61.1 Å². The number of carbonyl (C=O) groups excluding carboxylic acids is 4. The number of halogens is 4. The molecule has 4 aromatic rings. The molecule has 3 amide bonds. The van der Waals surface area contributed by atoms with Crippen molar-refractivity contribution in [1.29, 1.82) is 0 Å². The van der Waals surface area contributed by atoms with Gasteiger partial charge < -0.3 is 24.4 Å². The summed E-state index contributed by atoms with van der Waals surface area (Å²) in [6.45, 7) is -1.11. The average Bonchev–Trinajstić information content (AvgIpc) is 3.43. The molecule has 0 unspecified atom stereocenters. The van der Waals surface area contributed by atoms with Crippen molar-refractivity contribution in [3.05, 3.63) is 130 Å². The number of benzodiazepines with no additional fused rings is 1. The van der Waals surface area contributed by atoms with Crippen molar-refractivity contribution in [2.75, 3.05) is 23.4 Å². The molecular weight excluding hydrogens is 705 g/mol. The molecule has 1 saturated heterocycles. The lowest BCUT2D eigenvalue weighted by atomic mass is 10.0. The smallest absolute Gasteiger partial charge is 0.418 e. The highest BCUT2D eigenvalue weighted by molar-refractivity contribution is 6.30. The van der Waals surface area contributed by atoms with Crippen LogP contribution < -0.4 is 15.5 Å². The van der Waals surface area contributed by atoms with Crippen LogP contribution in [0.3, 0.4) is 0 Å².